The molecule has 154 valence electrons. The number of halogens is 1. The lowest BCUT2D eigenvalue weighted by molar-refractivity contribution is -0.142. The summed E-state index contributed by atoms with van der Waals surface area (Å²) in [5, 5.41) is 3.09. The second-order valence-electron chi connectivity index (χ2n) is 5.61. The zero-order valence-electron chi connectivity index (χ0n) is 15.6. The van der Waals surface area contributed by atoms with Gasteiger partial charge in [-0.05, 0) is 55.1 Å². The number of amides is 1. The fourth-order valence-electron chi connectivity index (χ4n) is 2.20. The molecule has 0 aliphatic rings. The molecule has 0 fully saturated rings. The standard InChI is InChI=1S/C19H19ClN2O6S/c1-21-29(25,26)17-11-13(3-9-16(17)27-2)4-10-19(24)28-12-18(23)22-15-7-5-14(20)6-8-15/h3-11,21H,12H2,1-2H3,(H,22,23)/b10-4+. The van der Waals surface area contributed by atoms with Gasteiger partial charge in [-0.1, -0.05) is 17.7 Å². The van der Waals surface area contributed by atoms with E-state index in [0.29, 0.717) is 16.3 Å². The normalized spacial score (nSPS) is 11.3. The van der Waals surface area contributed by atoms with Gasteiger partial charge in [-0.15, -0.1) is 0 Å². The zero-order valence-corrected chi connectivity index (χ0v) is 17.2. The number of anilines is 1. The smallest absolute Gasteiger partial charge is 0.331 e. The van der Waals surface area contributed by atoms with E-state index in [1.165, 1.54) is 32.4 Å². The molecule has 0 unspecified atom stereocenters. The molecule has 2 rings (SSSR count). The Kier molecular flexibility index (Phi) is 7.77. The van der Waals surface area contributed by atoms with E-state index in [4.69, 9.17) is 21.1 Å². The summed E-state index contributed by atoms with van der Waals surface area (Å²) in [4.78, 5) is 23.5. The van der Waals surface area contributed by atoms with Crippen LogP contribution in [0.1, 0.15) is 5.56 Å². The minimum absolute atomic E-state index is 0.0691. The highest BCUT2D eigenvalue weighted by atomic mass is 35.5. The highest BCUT2D eigenvalue weighted by Gasteiger charge is 2.17. The van der Waals surface area contributed by atoms with Crippen LogP contribution in [-0.2, 0) is 24.3 Å². The van der Waals surface area contributed by atoms with Crippen LogP contribution in [0, 0.1) is 0 Å². The lowest BCUT2D eigenvalue weighted by atomic mass is 10.2. The van der Waals surface area contributed by atoms with E-state index in [-0.39, 0.29) is 10.6 Å². The second-order valence-corrected chi connectivity index (χ2v) is 7.91. The number of hydrogen-bond donors (Lipinski definition) is 2. The first-order valence-corrected chi connectivity index (χ1v) is 10.1. The largest absolute Gasteiger partial charge is 0.495 e. The van der Waals surface area contributed by atoms with Crippen LogP contribution in [0.15, 0.2) is 53.4 Å². The summed E-state index contributed by atoms with van der Waals surface area (Å²) in [5.74, 6) is -1.11. The molecule has 0 aromatic heterocycles. The molecule has 2 aromatic carbocycles. The fraction of sp³-hybridized carbons (Fsp3) is 0.158. The number of sulfonamides is 1. The number of benzene rings is 2. The van der Waals surface area contributed by atoms with Crippen LogP contribution in [0.5, 0.6) is 5.75 Å². The number of hydrogen-bond acceptors (Lipinski definition) is 6. The molecule has 0 heterocycles. The van der Waals surface area contributed by atoms with E-state index in [0.717, 1.165) is 6.08 Å². The molecule has 8 nitrogen and oxygen atoms in total. The van der Waals surface area contributed by atoms with Crippen molar-refractivity contribution in [2.24, 2.45) is 0 Å². The SMILES string of the molecule is CNS(=O)(=O)c1cc(/C=C/C(=O)OCC(=O)Nc2ccc(Cl)cc2)ccc1OC. The maximum Gasteiger partial charge on any atom is 0.331 e. The first-order valence-electron chi connectivity index (χ1n) is 8.27. The van der Waals surface area contributed by atoms with Crippen LogP contribution in [0.2, 0.25) is 5.02 Å². The quantitative estimate of drug-likeness (QED) is 0.483. The Morgan fingerprint density at radius 1 is 1.14 bits per heavy atom. The molecular formula is C19H19ClN2O6S. The van der Waals surface area contributed by atoms with Gasteiger partial charge in [0.1, 0.15) is 10.6 Å². The molecular weight excluding hydrogens is 420 g/mol. The van der Waals surface area contributed by atoms with Crippen molar-refractivity contribution < 1.29 is 27.5 Å². The summed E-state index contributed by atoms with van der Waals surface area (Å²) >= 11 is 5.76. The van der Waals surface area contributed by atoms with Crippen molar-refractivity contribution in [3.8, 4) is 5.75 Å². The van der Waals surface area contributed by atoms with Crippen molar-refractivity contribution in [1.82, 2.24) is 4.72 Å². The molecule has 0 saturated carbocycles. The van der Waals surface area contributed by atoms with Gasteiger partial charge >= 0.3 is 5.97 Å². The summed E-state index contributed by atoms with van der Waals surface area (Å²) in [6.45, 7) is -0.478. The Morgan fingerprint density at radius 2 is 1.83 bits per heavy atom. The van der Waals surface area contributed by atoms with E-state index in [9.17, 15) is 18.0 Å². The molecule has 0 aliphatic heterocycles. The van der Waals surface area contributed by atoms with Crippen LogP contribution in [0.4, 0.5) is 5.69 Å². The number of carbonyl (C=O) groups excluding carboxylic acids is 2. The number of methoxy groups -OCH3 is 1. The third kappa shape index (κ3) is 6.60. The minimum atomic E-state index is -3.74. The first kappa shape index (κ1) is 22.4. The minimum Gasteiger partial charge on any atom is -0.495 e. The maximum absolute atomic E-state index is 12.1. The van der Waals surface area contributed by atoms with E-state index < -0.39 is 28.5 Å². The van der Waals surface area contributed by atoms with Gasteiger partial charge in [0.25, 0.3) is 5.91 Å². The number of ether oxygens (including phenoxy) is 2. The zero-order chi connectivity index (χ0) is 21.4. The highest BCUT2D eigenvalue weighted by molar-refractivity contribution is 7.89. The monoisotopic (exact) mass is 438 g/mol. The average Bonchev–Trinajstić information content (AvgIpc) is 2.72. The molecule has 0 radical (unpaired) electrons. The molecule has 0 spiro atoms. The number of rotatable bonds is 8. The maximum atomic E-state index is 12.1. The predicted octanol–water partition coefficient (Wildman–Crippen LogP) is 2.45. The topological polar surface area (TPSA) is 111 Å². The Bertz CT molecular complexity index is 1020. The Hall–Kier alpha value is -2.88. The number of nitrogens with one attached hydrogen (secondary N) is 2. The molecule has 29 heavy (non-hydrogen) atoms. The lowest BCUT2D eigenvalue weighted by Crippen LogP contribution is -2.20. The van der Waals surface area contributed by atoms with Gasteiger partial charge < -0.3 is 14.8 Å². The van der Waals surface area contributed by atoms with Gasteiger partial charge in [0.15, 0.2) is 6.61 Å². The second kappa shape index (κ2) is 10.1. The molecule has 2 N–H and O–H groups in total. The van der Waals surface area contributed by atoms with Crippen molar-refractivity contribution >= 4 is 45.3 Å². The van der Waals surface area contributed by atoms with Crippen molar-refractivity contribution in [2.45, 2.75) is 4.90 Å². The van der Waals surface area contributed by atoms with Crippen molar-refractivity contribution in [3.63, 3.8) is 0 Å². The highest BCUT2D eigenvalue weighted by Crippen LogP contribution is 2.25. The molecule has 10 heteroatoms. The molecule has 0 bridgehead atoms. The predicted molar refractivity (Wildman–Crippen MR) is 109 cm³/mol. The first-order chi connectivity index (χ1) is 13.7. The summed E-state index contributed by atoms with van der Waals surface area (Å²) in [6.07, 6.45) is 2.46. The summed E-state index contributed by atoms with van der Waals surface area (Å²) in [5.41, 5.74) is 0.949. The fourth-order valence-corrected chi connectivity index (χ4v) is 3.25. The third-order valence-electron chi connectivity index (χ3n) is 3.63. The summed E-state index contributed by atoms with van der Waals surface area (Å²) in [6, 6.07) is 10.8. The van der Waals surface area contributed by atoms with E-state index in [1.54, 1.807) is 30.3 Å². The lowest BCUT2D eigenvalue weighted by Gasteiger charge is -2.09. The third-order valence-corrected chi connectivity index (χ3v) is 5.32. The van der Waals surface area contributed by atoms with Gasteiger partial charge in [0, 0.05) is 16.8 Å². The van der Waals surface area contributed by atoms with Crippen LogP contribution >= 0.6 is 11.6 Å². The van der Waals surface area contributed by atoms with E-state index in [2.05, 4.69) is 10.0 Å². The van der Waals surface area contributed by atoms with Crippen LogP contribution in [-0.4, -0.2) is 41.1 Å². The Labute approximate surface area is 173 Å². The average molecular weight is 439 g/mol. The van der Waals surface area contributed by atoms with Gasteiger partial charge in [-0.2, -0.15) is 0 Å². The molecule has 2 aromatic rings. The molecule has 0 aliphatic carbocycles. The molecule has 0 atom stereocenters. The van der Waals surface area contributed by atoms with Crippen LogP contribution < -0.4 is 14.8 Å². The van der Waals surface area contributed by atoms with Crippen LogP contribution in [0.25, 0.3) is 6.08 Å². The van der Waals surface area contributed by atoms with Gasteiger partial charge in [-0.3, -0.25) is 4.79 Å². The number of esters is 1. The number of carbonyl (C=O) groups is 2. The van der Waals surface area contributed by atoms with Gasteiger partial charge in [-0.25, -0.2) is 17.9 Å². The van der Waals surface area contributed by atoms with Gasteiger partial charge in [0.2, 0.25) is 10.0 Å². The van der Waals surface area contributed by atoms with E-state index >= 15 is 0 Å². The summed E-state index contributed by atoms with van der Waals surface area (Å²) < 4.78 is 36.2. The van der Waals surface area contributed by atoms with Crippen molar-refractivity contribution in [2.75, 3.05) is 26.1 Å². The molecule has 1 amide bonds. The van der Waals surface area contributed by atoms with E-state index in [1.807, 2.05) is 0 Å². The Balaban J connectivity index is 1.97. The Morgan fingerprint density at radius 3 is 2.45 bits per heavy atom. The van der Waals surface area contributed by atoms with Crippen molar-refractivity contribution in [3.05, 3.63) is 59.1 Å². The van der Waals surface area contributed by atoms with Crippen LogP contribution in [0.3, 0.4) is 0 Å². The summed E-state index contributed by atoms with van der Waals surface area (Å²) in [7, 11) is -1.11. The van der Waals surface area contributed by atoms with Crippen molar-refractivity contribution in [1.29, 1.82) is 0 Å². The molecule has 0 saturated heterocycles. The van der Waals surface area contributed by atoms with Gasteiger partial charge in [0.05, 0.1) is 7.11 Å².